The van der Waals surface area contributed by atoms with Crippen molar-refractivity contribution in [3.05, 3.63) is 232 Å². The minimum atomic E-state index is -0.231. The molecule has 14 nitrogen and oxygen atoms in total. The van der Waals surface area contributed by atoms with Gasteiger partial charge in [0.15, 0.2) is 0 Å². The van der Waals surface area contributed by atoms with Gasteiger partial charge in [-0.25, -0.2) is 0 Å². The lowest BCUT2D eigenvalue weighted by atomic mass is 10.0. The number of phenols is 6. The average Bonchev–Trinajstić information content (AvgIpc) is 0.930. The first kappa shape index (κ1) is 70.5. The number of benzene rings is 6. The van der Waals surface area contributed by atoms with E-state index in [1.54, 1.807) is 0 Å². The van der Waals surface area contributed by atoms with Crippen molar-refractivity contribution < 1.29 is 30.6 Å². The van der Waals surface area contributed by atoms with Crippen molar-refractivity contribution in [2.75, 3.05) is 52.4 Å². The summed E-state index contributed by atoms with van der Waals surface area (Å²) in [7, 11) is 0. The predicted octanol–water partition coefficient (Wildman–Crippen LogP) is 15.4. The molecule has 94 heavy (non-hydrogen) atoms. The van der Waals surface area contributed by atoms with Crippen LogP contribution >= 0.6 is 0 Å². The zero-order valence-electron chi connectivity index (χ0n) is 58.9. The van der Waals surface area contributed by atoms with Crippen LogP contribution in [0.15, 0.2) is 109 Å². The molecule has 6 N–H and O–H groups in total. The van der Waals surface area contributed by atoms with Gasteiger partial charge in [-0.15, -0.1) is 0 Å². The highest BCUT2D eigenvalue weighted by Crippen LogP contribution is 2.36. The first-order chi connectivity index (χ1) is 44.6. The fourth-order valence-corrected chi connectivity index (χ4v) is 14.2. The number of rotatable bonds is 12. The Labute approximate surface area is 560 Å². The van der Waals surface area contributed by atoms with Crippen molar-refractivity contribution in [1.82, 2.24) is 39.4 Å². The molecule has 0 radical (unpaired) electrons. The number of nitrogens with zero attached hydrogens (tertiary/aromatic N) is 8. The Morgan fingerprint density at radius 3 is 0.649 bits per heavy atom. The van der Waals surface area contributed by atoms with Gasteiger partial charge in [0, 0.05) is 149 Å². The summed E-state index contributed by atoms with van der Waals surface area (Å²) in [5.41, 5.74) is 19.9. The molecule has 4 atom stereocenters. The van der Waals surface area contributed by atoms with Crippen molar-refractivity contribution >= 4 is 0 Å². The standard InChI is InChI=1S/C80H104N8O6/c1-49-31-55(7)75(89)65(37-49)43-83-23-27-85(45-67-39-51(3)33-57(9)77(67)91)61(13)71-19-17-21-73(81-71)63(15)87(47-69-41-53(5)35-59(11)79(69)93)29-25-84(44-66-38-50(2)32-56(8)76(66)90)26-30-88(48-70-42-54(6)36-60(12)80(70)94)64(16)74-22-18-20-72(82-74)62(14)86(28-24-83)46-68-40-52(4)34-58(10)78(68)92/h17-22,31-42,61-64,89-94H,23-30,43-48H2,1-16H3. The third-order valence-electron chi connectivity index (χ3n) is 19.7. The van der Waals surface area contributed by atoms with Gasteiger partial charge in [0.1, 0.15) is 34.5 Å². The number of hydrogen-bond acceptors (Lipinski definition) is 14. The third kappa shape index (κ3) is 17.2. The maximum absolute atomic E-state index is 11.8. The van der Waals surface area contributed by atoms with Crippen LogP contribution in [0.4, 0.5) is 0 Å². The van der Waals surface area contributed by atoms with Gasteiger partial charge in [0.25, 0.3) is 0 Å². The molecule has 500 valence electrons. The van der Waals surface area contributed by atoms with Crippen LogP contribution in [0, 0.1) is 83.1 Å². The summed E-state index contributed by atoms with van der Waals surface area (Å²) in [4.78, 5) is 25.7. The summed E-state index contributed by atoms with van der Waals surface area (Å²) in [6, 6.07) is 36.4. The van der Waals surface area contributed by atoms with E-state index in [1.807, 2.05) is 77.9 Å². The van der Waals surface area contributed by atoms with Crippen molar-refractivity contribution in [3.8, 4) is 34.5 Å². The second kappa shape index (κ2) is 30.7. The molecule has 1 aliphatic heterocycles. The highest BCUT2D eigenvalue weighted by atomic mass is 16.3. The van der Waals surface area contributed by atoms with E-state index < -0.39 is 0 Å². The van der Waals surface area contributed by atoms with Gasteiger partial charge >= 0.3 is 0 Å². The molecule has 0 aliphatic carbocycles. The van der Waals surface area contributed by atoms with Crippen LogP contribution in [0.25, 0.3) is 0 Å². The highest BCUT2D eigenvalue weighted by molar-refractivity contribution is 5.47. The first-order valence-corrected chi connectivity index (χ1v) is 33.7. The van der Waals surface area contributed by atoms with Crippen LogP contribution in [-0.2, 0) is 39.3 Å². The molecule has 4 bridgehead atoms. The summed E-state index contributed by atoms with van der Waals surface area (Å²) >= 11 is 0. The molecule has 9 rings (SSSR count). The van der Waals surface area contributed by atoms with Gasteiger partial charge in [0.05, 0.1) is 22.8 Å². The smallest absolute Gasteiger partial charge is 0.122 e. The zero-order chi connectivity index (χ0) is 68.0. The Balaban J connectivity index is 1.21. The van der Waals surface area contributed by atoms with Crippen LogP contribution in [0.3, 0.4) is 0 Å². The van der Waals surface area contributed by atoms with Gasteiger partial charge in [-0.05, 0) is 168 Å². The topological polar surface area (TPSA) is 167 Å². The van der Waals surface area contributed by atoms with E-state index in [9.17, 15) is 30.6 Å². The summed E-state index contributed by atoms with van der Waals surface area (Å²) < 4.78 is 0. The maximum Gasteiger partial charge on any atom is 0.122 e. The molecule has 0 saturated carbocycles. The minimum Gasteiger partial charge on any atom is -0.507 e. The van der Waals surface area contributed by atoms with Crippen molar-refractivity contribution in [1.29, 1.82) is 0 Å². The molecule has 0 saturated heterocycles. The number of fused-ring (bicyclic) bond motifs is 4. The summed E-state index contributed by atoms with van der Waals surface area (Å²) in [5.74, 6) is 1.69. The third-order valence-corrected chi connectivity index (χ3v) is 19.7. The Morgan fingerprint density at radius 1 is 0.277 bits per heavy atom. The number of aromatic hydroxyl groups is 6. The van der Waals surface area contributed by atoms with Gasteiger partial charge in [0.2, 0.25) is 0 Å². The molecule has 1 aliphatic rings. The first-order valence-electron chi connectivity index (χ1n) is 33.7. The summed E-state index contributed by atoms with van der Waals surface area (Å²) in [5, 5.41) is 70.9. The molecule has 4 unspecified atom stereocenters. The van der Waals surface area contributed by atoms with Crippen LogP contribution in [-0.4, -0.2) is 122 Å². The normalized spacial score (nSPS) is 18.6. The molecule has 0 amide bonds. The Hall–Kier alpha value is -7.82. The molecule has 0 fully saturated rings. The largest absolute Gasteiger partial charge is 0.507 e. The van der Waals surface area contributed by atoms with Gasteiger partial charge in [-0.2, -0.15) is 0 Å². The van der Waals surface area contributed by atoms with E-state index in [4.69, 9.17) is 9.97 Å². The number of aromatic nitrogens is 2. The Morgan fingerprint density at radius 2 is 0.457 bits per heavy atom. The molecule has 6 aromatic carbocycles. The van der Waals surface area contributed by atoms with Crippen molar-refractivity contribution in [3.63, 3.8) is 0 Å². The quantitative estimate of drug-likeness (QED) is 0.0684. The Kier molecular flexibility index (Phi) is 23.0. The number of aryl methyl sites for hydroxylation is 12. The van der Waals surface area contributed by atoms with E-state index >= 15 is 0 Å². The fraction of sp³-hybridized carbons (Fsp3) is 0.425. The van der Waals surface area contributed by atoms with Crippen LogP contribution in [0.1, 0.15) is 175 Å². The predicted molar refractivity (Wildman–Crippen MR) is 380 cm³/mol. The molecule has 8 aromatic rings. The van der Waals surface area contributed by atoms with E-state index in [0.29, 0.717) is 91.6 Å². The Bertz CT molecular complexity index is 3540. The minimum absolute atomic E-state index is 0.231. The van der Waals surface area contributed by atoms with E-state index in [-0.39, 0.29) is 58.7 Å². The van der Waals surface area contributed by atoms with E-state index in [2.05, 4.69) is 171 Å². The monoisotopic (exact) mass is 1270 g/mol. The van der Waals surface area contributed by atoms with Crippen LogP contribution < -0.4 is 0 Å². The van der Waals surface area contributed by atoms with Crippen molar-refractivity contribution in [2.24, 2.45) is 0 Å². The zero-order valence-corrected chi connectivity index (χ0v) is 58.9. The average molecular weight is 1270 g/mol. The SMILES string of the molecule is Cc1cc(C)c(O)c(CN2CCN(Cc3cc(C)cc(C)c3O)C(C)c3cccc(n3)C(C)N(Cc3cc(C)cc(C)c3O)CCN(Cc3cc(C)cc(C)c3O)CCN(Cc3cc(C)cc(C)c3O)C(C)c3cccc(n3)C(C)N(Cc3cc(C)cc(C)c3O)CC2)c1. The van der Waals surface area contributed by atoms with Crippen molar-refractivity contribution in [2.45, 2.75) is 174 Å². The second-order valence-corrected chi connectivity index (χ2v) is 27.7. The van der Waals surface area contributed by atoms with Crippen LogP contribution in [0.2, 0.25) is 0 Å². The molecule has 14 heteroatoms. The van der Waals surface area contributed by atoms with E-state index in [0.717, 1.165) is 123 Å². The molecular weight excluding hydrogens is 1170 g/mol. The van der Waals surface area contributed by atoms with Gasteiger partial charge < -0.3 is 30.6 Å². The number of hydrogen-bond donors (Lipinski definition) is 6. The van der Waals surface area contributed by atoms with E-state index in [1.165, 1.54) is 0 Å². The second-order valence-electron chi connectivity index (χ2n) is 27.7. The molecule has 3 heterocycles. The number of pyridine rings is 2. The highest BCUT2D eigenvalue weighted by Gasteiger charge is 2.29. The summed E-state index contributed by atoms with van der Waals surface area (Å²) in [6.07, 6.45) is 0. The molecular formula is C80H104N8O6. The number of phenolic OH excluding ortho intramolecular Hbond substituents is 6. The summed E-state index contributed by atoms with van der Waals surface area (Å²) in [6.45, 7) is 40.4. The lowest BCUT2D eigenvalue weighted by Crippen LogP contribution is -2.41. The van der Waals surface area contributed by atoms with Gasteiger partial charge in [-0.3, -0.25) is 39.4 Å². The molecule has 0 spiro atoms. The van der Waals surface area contributed by atoms with Gasteiger partial charge in [-0.1, -0.05) is 118 Å². The lowest BCUT2D eigenvalue weighted by molar-refractivity contribution is 0.122. The lowest BCUT2D eigenvalue weighted by Gasteiger charge is -2.36. The van der Waals surface area contributed by atoms with Crippen LogP contribution in [0.5, 0.6) is 34.5 Å². The fourth-order valence-electron chi connectivity index (χ4n) is 14.2. The molecule has 2 aromatic heterocycles. The maximum atomic E-state index is 11.8.